The molecule has 0 saturated heterocycles. The van der Waals surface area contributed by atoms with Crippen molar-refractivity contribution < 1.29 is 4.39 Å². The number of rotatable bonds is 4. The number of hydrogen-bond acceptors (Lipinski definition) is 3. The van der Waals surface area contributed by atoms with Gasteiger partial charge in [-0.05, 0) is 31.3 Å². The zero-order chi connectivity index (χ0) is 16.4. The van der Waals surface area contributed by atoms with Crippen LogP contribution < -0.4 is 5.56 Å². The van der Waals surface area contributed by atoms with E-state index in [2.05, 4.69) is 4.98 Å². The zero-order valence-electron chi connectivity index (χ0n) is 12.5. The van der Waals surface area contributed by atoms with Crippen LogP contribution in [-0.4, -0.2) is 21.3 Å². The predicted molar refractivity (Wildman–Crippen MR) is 88.0 cm³/mol. The lowest BCUT2D eigenvalue weighted by atomic mass is 10.2. The molecule has 0 aliphatic rings. The molecule has 0 unspecified atom stereocenters. The Morgan fingerprint density at radius 1 is 1.22 bits per heavy atom. The van der Waals surface area contributed by atoms with Crippen molar-refractivity contribution in [3.05, 3.63) is 81.1 Å². The van der Waals surface area contributed by atoms with Gasteiger partial charge >= 0.3 is 0 Å². The molecule has 0 N–H and O–H groups in total. The van der Waals surface area contributed by atoms with Gasteiger partial charge in [0, 0.05) is 35.9 Å². The van der Waals surface area contributed by atoms with Crippen molar-refractivity contribution in [2.75, 3.05) is 7.05 Å². The standard InChI is InChI=1S/C17H15ClFN3O/c1-21(11-13-14(18)5-4-6-15(13)19)10-12-9-17(23)22-8-3-2-7-16(22)20-12/h2-9H,10-11H2,1H3. The molecule has 0 bridgehead atoms. The quantitative estimate of drug-likeness (QED) is 0.737. The lowest BCUT2D eigenvalue weighted by Crippen LogP contribution is -2.22. The van der Waals surface area contributed by atoms with E-state index in [9.17, 15) is 9.18 Å². The van der Waals surface area contributed by atoms with Gasteiger partial charge in [0.1, 0.15) is 11.5 Å². The van der Waals surface area contributed by atoms with Crippen LogP contribution in [0.25, 0.3) is 5.65 Å². The van der Waals surface area contributed by atoms with Crippen LogP contribution in [0.3, 0.4) is 0 Å². The summed E-state index contributed by atoms with van der Waals surface area (Å²) in [5, 5.41) is 0.392. The molecule has 2 heterocycles. The second-order valence-electron chi connectivity index (χ2n) is 5.39. The molecule has 0 aliphatic carbocycles. The second kappa shape index (κ2) is 6.48. The molecule has 0 spiro atoms. The molecule has 0 atom stereocenters. The molecule has 3 aromatic rings. The average molecular weight is 332 g/mol. The van der Waals surface area contributed by atoms with E-state index in [0.29, 0.717) is 35.0 Å². The van der Waals surface area contributed by atoms with E-state index in [0.717, 1.165) is 0 Å². The minimum atomic E-state index is -0.337. The predicted octanol–water partition coefficient (Wildman–Crippen LogP) is 3.12. The summed E-state index contributed by atoms with van der Waals surface area (Å²) in [6.45, 7) is 0.757. The van der Waals surface area contributed by atoms with Crippen LogP contribution in [0, 0.1) is 5.82 Å². The number of pyridine rings is 1. The van der Waals surface area contributed by atoms with Gasteiger partial charge in [-0.15, -0.1) is 0 Å². The van der Waals surface area contributed by atoms with Crippen LogP contribution in [0.4, 0.5) is 4.39 Å². The topological polar surface area (TPSA) is 37.6 Å². The number of halogens is 2. The first kappa shape index (κ1) is 15.6. The molecule has 0 fully saturated rings. The SMILES string of the molecule is CN(Cc1cc(=O)n2ccccc2n1)Cc1c(F)cccc1Cl. The summed E-state index contributed by atoms with van der Waals surface area (Å²) in [4.78, 5) is 18.4. The number of fused-ring (bicyclic) bond motifs is 1. The van der Waals surface area contributed by atoms with Gasteiger partial charge in [0.15, 0.2) is 0 Å². The molecule has 0 amide bonds. The number of aromatic nitrogens is 2. The summed E-state index contributed by atoms with van der Waals surface area (Å²) >= 11 is 6.04. The van der Waals surface area contributed by atoms with Gasteiger partial charge in [-0.3, -0.25) is 14.1 Å². The van der Waals surface area contributed by atoms with Gasteiger partial charge in [-0.1, -0.05) is 23.7 Å². The molecule has 2 aromatic heterocycles. The van der Waals surface area contributed by atoms with E-state index in [1.54, 1.807) is 30.5 Å². The molecular weight excluding hydrogens is 317 g/mol. The highest BCUT2D eigenvalue weighted by Crippen LogP contribution is 2.20. The van der Waals surface area contributed by atoms with Crippen molar-refractivity contribution in [1.29, 1.82) is 0 Å². The summed E-state index contributed by atoms with van der Waals surface area (Å²) in [6.07, 6.45) is 1.68. The van der Waals surface area contributed by atoms with Gasteiger partial charge < -0.3 is 0 Å². The molecule has 1 aromatic carbocycles. The monoisotopic (exact) mass is 331 g/mol. The maximum atomic E-state index is 13.8. The van der Waals surface area contributed by atoms with Gasteiger partial charge in [0.25, 0.3) is 5.56 Å². The highest BCUT2D eigenvalue weighted by Gasteiger charge is 2.11. The maximum Gasteiger partial charge on any atom is 0.258 e. The Morgan fingerprint density at radius 3 is 2.83 bits per heavy atom. The second-order valence-corrected chi connectivity index (χ2v) is 5.79. The molecule has 0 aliphatic heterocycles. The molecular formula is C17H15ClFN3O. The fraction of sp³-hybridized carbons (Fsp3) is 0.176. The highest BCUT2D eigenvalue weighted by molar-refractivity contribution is 6.31. The molecule has 0 radical (unpaired) electrons. The summed E-state index contributed by atoms with van der Waals surface area (Å²) in [5.41, 5.74) is 1.53. The number of nitrogens with zero attached hydrogens (tertiary/aromatic N) is 3. The van der Waals surface area contributed by atoms with E-state index >= 15 is 0 Å². The van der Waals surface area contributed by atoms with Gasteiger partial charge in [0.05, 0.1) is 5.69 Å². The van der Waals surface area contributed by atoms with E-state index < -0.39 is 0 Å². The number of hydrogen-bond donors (Lipinski definition) is 0. The van der Waals surface area contributed by atoms with Crippen LogP contribution in [-0.2, 0) is 13.1 Å². The first-order chi connectivity index (χ1) is 11.0. The van der Waals surface area contributed by atoms with Crippen molar-refractivity contribution in [3.63, 3.8) is 0 Å². The minimum Gasteiger partial charge on any atom is -0.296 e. The zero-order valence-corrected chi connectivity index (χ0v) is 13.3. The summed E-state index contributed by atoms with van der Waals surface area (Å²) < 4.78 is 15.3. The van der Waals surface area contributed by atoms with Crippen LogP contribution in [0.1, 0.15) is 11.3 Å². The van der Waals surface area contributed by atoms with Crippen LogP contribution in [0.5, 0.6) is 0 Å². The Hall–Kier alpha value is -2.24. The number of benzene rings is 1. The molecule has 3 rings (SSSR count). The maximum absolute atomic E-state index is 13.8. The molecule has 0 saturated carbocycles. The van der Waals surface area contributed by atoms with E-state index in [-0.39, 0.29) is 11.4 Å². The highest BCUT2D eigenvalue weighted by atomic mass is 35.5. The third-order valence-electron chi connectivity index (χ3n) is 3.55. The minimum absolute atomic E-state index is 0.136. The molecule has 6 heteroatoms. The van der Waals surface area contributed by atoms with Crippen LogP contribution in [0.2, 0.25) is 5.02 Å². The van der Waals surface area contributed by atoms with Gasteiger partial charge in [0.2, 0.25) is 0 Å². The first-order valence-electron chi connectivity index (χ1n) is 7.13. The fourth-order valence-electron chi connectivity index (χ4n) is 2.47. The van der Waals surface area contributed by atoms with Gasteiger partial charge in [-0.2, -0.15) is 0 Å². The Balaban J connectivity index is 1.83. The molecule has 118 valence electrons. The van der Waals surface area contributed by atoms with E-state index in [1.807, 2.05) is 18.0 Å². The first-order valence-corrected chi connectivity index (χ1v) is 7.51. The summed E-state index contributed by atoms with van der Waals surface area (Å²) in [7, 11) is 1.83. The van der Waals surface area contributed by atoms with Crippen LogP contribution in [0.15, 0.2) is 53.5 Å². The van der Waals surface area contributed by atoms with Crippen molar-refractivity contribution >= 4 is 17.2 Å². The van der Waals surface area contributed by atoms with Crippen molar-refractivity contribution in [2.24, 2.45) is 0 Å². The van der Waals surface area contributed by atoms with Crippen LogP contribution >= 0.6 is 11.6 Å². The average Bonchev–Trinajstić information content (AvgIpc) is 2.51. The van der Waals surface area contributed by atoms with Crippen molar-refractivity contribution in [1.82, 2.24) is 14.3 Å². The third kappa shape index (κ3) is 3.41. The molecule has 23 heavy (non-hydrogen) atoms. The Bertz CT molecular complexity index is 889. The fourth-order valence-corrected chi connectivity index (χ4v) is 2.69. The molecule has 4 nitrogen and oxygen atoms in total. The Labute approximate surface area is 137 Å². The summed E-state index contributed by atoms with van der Waals surface area (Å²) in [5.74, 6) is -0.337. The van der Waals surface area contributed by atoms with Crippen molar-refractivity contribution in [3.8, 4) is 0 Å². The third-order valence-corrected chi connectivity index (χ3v) is 3.90. The lowest BCUT2D eigenvalue weighted by Gasteiger charge is -2.17. The normalized spacial score (nSPS) is 11.3. The lowest BCUT2D eigenvalue weighted by molar-refractivity contribution is 0.310. The Morgan fingerprint density at radius 2 is 2.04 bits per heavy atom. The van der Waals surface area contributed by atoms with Gasteiger partial charge in [-0.25, -0.2) is 9.37 Å². The summed E-state index contributed by atoms with van der Waals surface area (Å²) in [6, 6.07) is 11.5. The van der Waals surface area contributed by atoms with E-state index in [4.69, 9.17) is 11.6 Å². The van der Waals surface area contributed by atoms with Crippen molar-refractivity contribution in [2.45, 2.75) is 13.1 Å². The largest absolute Gasteiger partial charge is 0.296 e. The smallest absolute Gasteiger partial charge is 0.258 e. The Kier molecular flexibility index (Phi) is 4.41. The van der Waals surface area contributed by atoms with E-state index in [1.165, 1.54) is 16.5 Å².